The molecule has 37 heavy (non-hydrogen) atoms. The Morgan fingerprint density at radius 3 is 2.68 bits per heavy atom. The summed E-state index contributed by atoms with van der Waals surface area (Å²) >= 11 is 6.67. The number of hydrogen-bond acceptors (Lipinski definition) is 8. The third-order valence-corrected chi connectivity index (χ3v) is 8.11. The molecule has 1 spiro atoms. The number of anilines is 1. The lowest BCUT2D eigenvalue weighted by Gasteiger charge is -2.41. The van der Waals surface area contributed by atoms with Gasteiger partial charge in [-0.2, -0.15) is 0 Å². The Labute approximate surface area is 217 Å². The van der Waals surface area contributed by atoms with E-state index in [1.165, 1.54) is 0 Å². The van der Waals surface area contributed by atoms with E-state index in [1.807, 2.05) is 19.1 Å². The molecule has 2 fully saturated rings. The summed E-state index contributed by atoms with van der Waals surface area (Å²) in [6.07, 6.45) is 6.71. The number of nitrogens with two attached hydrogens (primary N) is 1. The van der Waals surface area contributed by atoms with Gasteiger partial charge in [-0.05, 0) is 31.9 Å². The van der Waals surface area contributed by atoms with Crippen LogP contribution in [-0.4, -0.2) is 56.3 Å². The highest BCUT2D eigenvalue weighted by atomic mass is 35.5. The molecular formula is C26H26ClN7O3. The topological polar surface area (TPSA) is 132 Å². The van der Waals surface area contributed by atoms with Crippen LogP contribution < -0.4 is 21.9 Å². The fourth-order valence-corrected chi connectivity index (χ4v) is 5.76. The Balaban J connectivity index is 1.34. The molecule has 6 rings (SSSR count). The van der Waals surface area contributed by atoms with Crippen LogP contribution >= 0.6 is 11.6 Å². The van der Waals surface area contributed by atoms with E-state index < -0.39 is 11.2 Å². The van der Waals surface area contributed by atoms with Crippen LogP contribution in [0.25, 0.3) is 28.0 Å². The Kier molecular flexibility index (Phi) is 5.82. The number of nitrogens with zero attached hydrogens (tertiary/aromatic N) is 5. The van der Waals surface area contributed by atoms with Gasteiger partial charge < -0.3 is 15.4 Å². The highest BCUT2D eigenvalue weighted by molar-refractivity contribution is 6.35. The summed E-state index contributed by atoms with van der Waals surface area (Å²) in [7, 11) is 0. The molecule has 5 heterocycles. The number of rotatable bonds is 3. The molecule has 190 valence electrons. The number of aromatic amines is 1. The SMILES string of the molecule is C[C@@H]1OCC2(CCN(c3cnc4c(=O)n(-c5cccc(-c6cccnc6)c5Cl)c(=O)[nH]c4n3)CC2)[C@@H]1N. The van der Waals surface area contributed by atoms with Crippen LogP contribution in [0.2, 0.25) is 5.02 Å². The van der Waals surface area contributed by atoms with Crippen LogP contribution in [-0.2, 0) is 4.74 Å². The largest absolute Gasteiger partial charge is 0.376 e. The molecule has 4 aromatic rings. The molecule has 0 aliphatic carbocycles. The summed E-state index contributed by atoms with van der Waals surface area (Å²) < 4.78 is 6.80. The summed E-state index contributed by atoms with van der Waals surface area (Å²) in [5.74, 6) is 0.604. The maximum atomic E-state index is 13.4. The van der Waals surface area contributed by atoms with E-state index in [-0.39, 0.29) is 39.4 Å². The summed E-state index contributed by atoms with van der Waals surface area (Å²) in [6, 6.07) is 8.82. The van der Waals surface area contributed by atoms with Crippen molar-refractivity contribution in [2.75, 3.05) is 24.6 Å². The van der Waals surface area contributed by atoms with Crippen LogP contribution in [0, 0.1) is 5.41 Å². The van der Waals surface area contributed by atoms with Crippen molar-refractivity contribution in [2.24, 2.45) is 11.1 Å². The van der Waals surface area contributed by atoms with Crippen LogP contribution in [0.3, 0.4) is 0 Å². The van der Waals surface area contributed by atoms with Gasteiger partial charge in [-0.25, -0.2) is 19.3 Å². The van der Waals surface area contributed by atoms with E-state index in [2.05, 4.69) is 24.8 Å². The predicted octanol–water partition coefficient (Wildman–Crippen LogP) is 2.52. The average Bonchev–Trinajstić information content (AvgIpc) is 3.18. The van der Waals surface area contributed by atoms with E-state index in [1.54, 1.807) is 36.8 Å². The molecule has 2 aliphatic heterocycles. The van der Waals surface area contributed by atoms with Crippen molar-refractivity contribution >= 4 is 28.6 Å². The molecule has 11 heteroatoms. The number of ether oxygens (including phenoxy) is 1. The molecule has 3 aromatic heterocycles. The van der Waals surface area contributed by atoms with Gasteiger partial charge in [0.05, 0.1) is 29.6 Å². The van der Waals surface area contributed by atoms with Gasteiger partial charge in [-0.15, -0.1) is 0 Å². The number of pyridine rings is 1. The lowest BCUT2D eigenvalue weighted by molar-refractivity contribution is 0.0974. The van der Waals surface area contributed by atoms with Gasteiger partial charge in [0.2, 0.25) is 0 Å². The zero-order valence-electron chi connectivity index (χ0n) is 20.2. The molecule has 0 amide bonds. The van der Waals surface area contributed by atoms with Crippen molar-refractivity contribution < 1.29 is 4.74 Å². The van der Waals surface area contributed by atoms with Crippen molar-refractivity contribution in [2.45, 2.75) is 31.9 Å². The minimum Gasteiger partial charge on any atom is -0.376 e. The molecule has 2 atom stereocenters. The first-order valence-electron chi connectivity index (χ1n) is 12.2. The number of hydrogen-bond donors (Lipinski definition) is 2. The first-order valence-corrected chi connectivity index (χ1v) is 12.6. The second kappa shape index (κ2) is 9.05. The maximum Gasteiger partial charge on any atom is 0.334 e. The van der Waals surface area contributed by atoms with Gasteiger partial charge in [-0.3, -0.25) is 14.8 Å². The van der Waals surface area contributed by atoms with Gasteiger partial charge in [0.15, 0.2) is 11.2 Å². The van der Waals surface area contributed by atoms with Gasteiger partial charge >= 0.3 is 5.69 Å². The normalized spacial score (nSPS) is 21.1. The van der Waals surface area contributed by atoms with E-state index in [4.69, 9.17) is 22.1 Å². The lowest BCUT2D eigenvalue weighted by atomic mass is 9.73. The van der Waals surface area contributed by atoms with Crippen LogP contribution in [0.15, 0.2) is 58.5 Å². The van der Waals surface area contributed by atoms with Gasteiger partial charge in [0.25, 0.3) is 5.56 Å². The molecule has 0 unspecified atom stereocenters. The lowest BCUT2D eigenvalue weighted by Crippen LogP contribution is -2.50. The van der Waals surface area contributed by atoms with Crippen LogP contribution in [0.4, 0.5) is 5.82 Å². The zero-order chi connectivity index (χ0) is 25.7. The zero-order valence-corrected chi connectivity index (χ0v) is 21.0. The fraction of sp³-hybridized carbons (Fsp3) is 0.346. The fourth-order valence-electron chi connectivity index (χ4n) is 5.44. The Morgan fingerprint density at radius 1 is 1.16 bits per heavy atom. The molecule has 2 saturated heterocycles. The monoisotopic (exact) mass is 519 g/mol. The Hall–Kier alpha value is -3.60. The summed E-state index contributed by atoms with van der Waals surface area (Å²) in [6.45, 7) is 4.17. The number of fused-ring (bicyclic) bond motifs is 1. The molecular weight excluding hydrogens is 494 g/mol. The molecule has 2 aliphatic rings. The molecule has 1 aromatic carbocycles. The molecule has 0 radical (unpaired) electrons. The standard InChI is InChI=1S/C26H26ClN7O3/c1-15-22(28)26(14-37-15)7-10-33(11-8-26)19-13-30-21-23(31-19)32-25(36)34(24(21)35)18-6-2-5-17(20(18)27)16-4-3-9-29-12-16/h2-6,9,12-13,15,22H,7-8,10-11,14,28H2,1H3,(H,31,32,36)/t15-,22+/m0/s1. The van der Waals surface area contributed by atoms with Crippen molar-refractivity contribution in [1.82, 2.24) is 24.5 Å². The van der Waals surface area contributed by atoms with Crippen molar-refractivity contribution in [3.8, 4) is 16.8 Å². The van der Waals surface area contributed by atoms with Crippen LogP contribution in [0.5, 0.6) is 0 Å². The van der Waals surface area contributed by atoms with Crippen molar-refractivity contribution in [3.05, 3.63) is 74.8 Å². The smallest absolute Gasteiger partial charge is 0.334 e. The van der Waals surface area contributed by atoms with E-state index in [0.29, 0.717) is 18.0 Å². The third kappa shape index (κ3) is 3.92. The number of benzene rings is 1. The average molecular weight is 520 g/mol. The number of halogens is 1. The van der Waals surface area contributed by atoms with Crippen molar-refractivity contribution in [3.63, 3.8) is 0 Å². The minimum atomic E-state index is -0.644. The van der Waals surface area contributed by atoms with Gasteiger partial charge in [0.1, 0.15) is 5.82 Å². The van der Waals surface area contributed by atoms with E-state index >= 15 is 0 Å². The third-order valence-electron chi connectivity index (χ3n) is 7.72. The minimum absolute atomic E-state index is 0.00985. The summed E-state index contributed by atoms with van der Waals surface area (Å²) in [5.41, 5.74) is 7.05. The number of piperidine rings is 1. The van der Waals surface area contributed by atoms with Crippen molar-refractivity contribution in [1.29, 1.82) is 0 Å². The Bertz CT molecular complexity index is 1600. The first kappa shape index (κ1) is 23.8. The molecule has 10 nitrogen and oxygen atoms in total. The van der Waals surface area contributed by atoms with Gasteiger partial charge in [-0.1, -0.05) is 29.8 Å². The number of H-pyrrole nitrogens is 1. The summed E-state index contributed by atoms with van der Waals surface area (Å²) in [4.78, 5) is 44.4. The second-order valence-corrected chi connectivity index (χ2v) is 10.1. The molecule has 3 N–H and O–H groups in total. The molecule has 0 bridgehead atoms. The summed E-state index contributed by atoms with van der Waals surface area (Å²) in [5, 5.41) is 0.262. The number of nitrogens with one attached hydrogen (secondary N) is 1. The predicted molar refractivity (Wildman–Crippen MR) is 141 cm³/mol. The first-order chi connectivity index (χ1) is 17.9. The second-order valence-electron chi connectivity index (χ2n) is 9.77. The molecule has 0 saturated carbocycles. The highest BCUT2D eigenvalue weighted by Crippen LogP contribution is 2.41. The van der Waals surface area contributed by atoms with E-state index in [0.717, 1.165) is 36.1 Å². The van der Waals surface area contributed by atoms with Gasteiger partial charge in [0, 0.05) is 48.1 Å². The van der Waals surface area contributed by atoms with E-state index in [9.17, 15) is 9.59 Å². The Morgan fingerprint density at radius 2 is 1.97 bits per heavy atom. The highest BCUT2D eigenvalue weighted by Gasteiger charge is 2.47. The maximum absolute atomic E-state index is 13.4. The quantitative estimate of drug-likeness (QED) is 0.422. The number of aromatic nitrogens is 5. The van der Waals surface area contributed by atoms with Crippen LogP contribution in [0.1, 0.15) is 19.8 Å².